The first-order valence-corrected chi connectivity index (χ1v) is 11.8. The molecule has 2 bridgehead atoms. The van der Waals surface area contributed by atoms with Crippen molar-refractivity contribution < 1.29 is 36.6 Å². The monoisotopic (exact) mass is 545 g/mol. The van der Waals surface area contributed by atoms with E-state index in [2.05, 4.69) is 35.5 Å². The number of ether oxygens (including phenoxy) is 3. The van der Waals surface area contributed by atoms with Crippen molar-refractivity contribution in [3.63, 3.8) is 0 Å². The lowest BCUT2D eigenvalue weighted by molar-refractivity contribution is -0.330. The first-order valence-electron chi connectivity index (χ1n) is 11.4. The lowest BCUT2D eigenvalue weighted by atomic mass is 9.50. The Kier molecular flexibility index (Phi) is 5.69. The molecule has 7 rings (SSSR count). The predicted molar refractivity (Wildman–Crippen MR) is 118 cm³/mol. The Hall–Kier alpha value is -3.17. The minimum atomic E-state index is -4.81. The van der Waals surface area contributed by atoms with Crippen molar-refractivity contribution >= 4 is 35.1 Å². The van der Waals surface area contributed by atoms with Gasteiger partial charge in [0.25, 0.3) is 0 Å². The molecule has 0 spiro atoms. The van der Waals surface area contributed by atoms with Crippen LogP contribution >= 0.6 is 11.6 Å². The number of hydrogen-bond acceptors (Lipinski definition) is 8. The summed E-state index contributed by atoms with van der Waals surface area (Å²) in [6, 6.07) is 2.84. The van der Waals surface area contributed by atoms with Gasteiger partial charge in [-0.15, -0.1) is 13.2 Å². The highest BCUT2D eigenvalue weighted by atomic mass is 35.5. The molecule has 3 N–H and O–H groups in total. The van der Waals surface area contributed by atoms with E-state index >= 15 is 4.39 Å². The fourth-order valence-electron chi connectivity index (χ4n) is 4.94. The Morgan fingerprint density at radius 2 is 2.08 bits per heavy atom. The van der Waals surface area contributed by atoms with E-state index in [1.165, 1.54) is 22.7 Å². The van der Waals surface area contributed by atoms with Crippen molar-refractivity contribution in [2.45, 2.75) is 56.2 Å². The van der Waals surface area contributed by atoms with Crippen LogP contribution < -0.4 is 10.6 Å². The molecule has 3 atom stereocenters. The maximum absolute atomic E-state index is 15.1. The molecule has 0 aromatic carbocycles. The average molecular weight is 546 g/mol. The zero-order chi connectivity index (χ0) is 25.9. The average Bonchev–Trinajstić information content (AvgIpc) is 3.47. The van der Waals surface area contributed by atoms with E-state index in [0.717, 1.165) is 19.3 Å². The highest BCUT2D eigenvalue weighted by Crippen LogP contribution is 2.57. The summed E-state index contributed by atoms with van der Waals surface area (Å²) in [6.07, 6.45) is -5.11. The molecule has 1 aliphatic heterocycles. The molecule has 4 heterocycles. The third kappa shape index (κ3) is 4.78. The van der Waals surface area contributed by atoms with Gasteiger partial charge in [0, 0.05) is 23.9 Å². The van der Waals surface area contributed by atoms with Crippen LogP contribution in [0.2, 0.25) is 5.15 Å². The van der Waals surface area contributed by atoms with E-state index in [0.29, 0.717) is 5.92 Å². The number of H-pyrrole nitrogens is 1. The molecule has 198 valence electrons. The van der Waals surface area contributed by atoms with E-state index in [-0.39, 0.29) is 46.1 Å². The zero-order valence-electron chi connectivity index (χ0n) is 18.9. The summed E-state index contributed by atoms with van der Waals surface area (Å²) in [5, 5.41) is 12.5. The number of alkyl halides is 4. The molecule has 11 nitrogen and oxygen atoms in total. The summed E-state index contributed by atoms with van der Waals surface area (Å²) in [5.41, 5.74) is 0.316. The third-order valence-electron chi connectivity index (χ3n) is 6.75. The SMILES string of the molecule is O=C(NC12CC(C1)C2)O[C@H]1CO[C@@H](c2cc(Nc3nc(Cl)cc4nc(COC(F)(F)F)cn34)n[nH]2)[C@H]1F. The molecule has 37 heavy (non-hydrogen) atoms. The van der Waals surface area contributed by atoms with Crippen LogP contribution in [0.4, 0.5) is 34.1 Å². The highest BCUT2D eigenvalue weighted by Gasteiger charge is 2.58. The second-order valence-corrected chi connectivity index (χ2v) is 9.84. The van der Waals surface area contributed by atoms with E-state index in [1.807, 2.05) is 0 Å². The minimum Gasteiger partial charge on any atom is -0.441 e. The highest BCUT2D eigenvalue weighted by molar-refractivity contribution is 6.29. The van der Waals surface area contributed by atoms with Gasteiger partial charge in [-0.1, -0.05) is 11.6 Å². The number of aromatic amines is 1. The molecular weight excluding hydrogens is 526 g/mol. The van der Waals surface area contributed by atoms with Crippen LogP contribution in [0.3, 0.4) is 0 Å². The topological polar surface area (TPSA) is 128 Å². The molecule has 4 aliphatic rings. The van der Waals surface area contributed by atoms with Crippen molar-refractivity contribution in [3.8, 4) is 0 Å². The Morgan fingerprint density at radius 3 is 2.78 bits per heavy atom. The summed E-state index contributed by atoms with van der Waals surface area (Å²) in [4.78, 5) is 20.4. The van der Waals surface area contributed by atoms with E-state index < -0.39 is 37.4 Å². The van der Waals surface area contributed by atoms with Gasteiger partial charge in [0.05, 0.1) is 24.6 Å². The van der Waals surface area contributed by atoms with Gasteiger partial charge in [0.2, 0.25) is 5.95 Å². The minimum absolute atomic E-state index is 0.00380. The van der Waals surface area contributed by atoms with Crippen LogP contribution in [0, 0.1) is 5.92 Å². The number of nitrogens with zero attached hydrogens (tertiary/aromatic N) is 4. The number of aromatic nitrogens is 5. The number of halogens is 5. The molecule has 1 saturated heterocycles. The first kappa shape index (κ1) is 24.2. The van der Waals surface area contributed by atoms with Gasteiger partial charge < -0.3 is 20.1 Å². The fourth-order valence-corrected chi connectivity index (χ4v) is 5.12. The Labute approximate surface area is 210 Å². The normalized spacial score (nSPS) is 28.6. The predicted octanol–water partition coefficient (Wildman–Crippen LogP) is 3.94. The maximum Gasteiger partial charge on any atom is 0.522 e. The number of carbonyl (C=O) groups excluding carboxylic acids is 1. The first-order chi connectivity index (χ1) is 17.6. The molecule has 0 unspecified atom stereocenters. The van der Waals surface area contributed by atoms with Crippen molar-refractivity contribution in [1.29, 1.82) is 0 Å². The molecule has 16 heteroatoms. The molecular formula is C21H20ClF4N7O4. The van der Waals surface area contributed by atoms with Gasteiger partial charge in [-0.25, -0.2) is 19.2 Å². The summed E-state index contributed by atoms with van der Waals surface area (Å²) in [7, 11) is 0. The van der Waals surface area contributed by atoms with Crippen LogP contribution in [0.25, 0.3) is 5.65 Å². The number of fused-ring (bicyclic) bond motifs is 1. The molecule has 3 saturated carbocycles. The number of hydrogen-bond donors (Lipinski definition) is 3. The van der Waals surface area contributed by atoms with E-state index in [9.17, 15) is 18.0 Å². The number of amides is 1. The fraction of sp³-hybridized carbons (Fsp3) is 0.524. The number of alkyl carbamates (subject to hydrolysis) is 1. The molecule has 3 aliphatic carbocycles. The van der Waals surface area contributed by atoms with Gasteiger partial charge in [0.15, 0.2) is 18.1 Å². The Bertz CT molecular complexity index is 1330. The second-order valence-electron chi connectivity index (χ2n) is 9.46. The number of anilines is 2. The van der Waals surface area contributed by atoms with E-state index in [1.54, 1.807) is 0 Å². The lowest BCUT2D eigenvalue weighted by Crippen LogP contribution is -2.68. The van der Waals surface area contributed by atoms with E-state index in [4.69, 9.17) is 21.1 Å². The van der Waals surface area contributed by atoms with Crippen LogP contribution in [-0.2, 0) is 20.8 Å². The van der Waals surface area contributed by atoms with Crippen molar-refractivity contribution in [2.24, 2.45) is 5.92 Å². The van der Waals surface area contributed by atoms with Crippen molar-refractivity contribution in [1.82, 2.24) is 29.9 Å². The molecule has 1 amide bonds. The van der Waals surface area contributed by atoms with Crippen LogP contribution in [-0.4, -0.2) is 61.4 Å². The summed E-state index contributed by atoms with van der Waals surface area (Å²) >= 11 is 6.03. The summed E-state index contributed by atoms with van der Waals surface area (Å²) in [5.74, 6) is 0.977. The lowest BCUT2D eigenvalue weighted by Gasteiger charge is -2.61. The van der Waals surface area contributed by atoms with Gasteiger partial charge in [-0.05, 0) is 25.2 Å². The third-order valence-corrected chi connectivity index (χ3v) is 6.94. The molecule has 4 fully saturated rings. The summed E-state index contributed by atoms with van der Waals surface area (Å²) < 4.78 is 68.2. The largest absolute Gasteiger partial charge is 0.522 e. The second kappa shape index (κ2) is 8.70. The smallest absolute Gasteiger partial charge is 0.441 e. The molecule has 3 aromatic heterocycles. The maximum atomic E-state index is 15.1. The molecule has 0 radical (unpaired) electrons. The van der Waals surface area contributed by atoms with Crippen LogP contribution in [0.5, 0.6) is 0 Å². The van der Waals surface area contributed by atoms with Gasteiger partial charge in [-0.2, -0.15) is 5.10 Å². The zero-order valence-corrected chi connectivity index (χ0v) is 19.6. The van der Waals surface area contributed by atoms with Crippen molar-refractivity contribution in [2.75, 3.05) is 11.9 Å². The van der Waals surface area contributed by atoms with Gasteiger partial charge in [-0.3, -0.25) is 14.2 Å². The number of rotatable bonds is 7. The van der Waals surface area contributed by atoms with Crippen LogP contribution in [0.15, 0.2) is 18.3 Å². The standard InChI is InChI=1S/C21H20ClF4N7O4/c22-13-2-15-27-10(7-36-21(24,25)26)6-33(15)18(28-13)29-14-1-11(31-32-14)17-16(23)12(8-35-17)37-19(34)30-20-3-9(4-20)5-20/h1-2,6,9,12,16-17H,3-5,7-8H2,(H,30,34)(H2,28,29,31,32)/t9?,12-,16-,17-,20?/m0/s1. The van der Waals surface area contributed by atoms with Crippen LogP contribution in [0.1, 0.15) is 36.8 Å². The van der Waals surface area contributed by atoms with Gasteiger partial charge in [0.1, 0.15) is 16.9 Å². The number of imidazole rings is 1. The number of nitrogens with one attached hydrogen (secondary N) is 3. The summed E-state index contributed by atoms with van der Waals surface area (Å²) in [6.45, 7) is -0.917. The Morgan fingerprint density at radius 1 is 1.30 bits per heavy atom. The number of carbonyl (C=O) groups is 1. The van der Waals surface area contributed by atoms with Crippen molar-refractivity contribution in [3.05, 3.63) is 34.9 Å². The molecule has 3 aromatic rings. The Balaban J connectivity index is 1.11. The quantitative estimate of drug-likeness (QED) is 0.301. The van der Waals surface area contributed by atoms with Gasteiger partial charge >= 0.3 is 12.5 Å².